The summed E-state index contributed by atoms with van der Waals surface area (Å²) in [6, 6.07) is 9.48. The number of amides is 2. The molecule has 0 N–H and O–H groups in total. The summed E-state index contributed by atoms with van der Waals surface area (Å²) in [4.78, 5) is 32.5. The van der Waals surface area contributed by atoms with Crippen molar-refractivity contribution in [1.82, 2.24) is 19.5 Å². The van der Waals surface area contributed by atoms with Gasteiger partial charge >= 0.3 is 6.09 Å². The minimum atomic E-state index is -0.699. The van der Waals surface area contributed by atoms with Crippen LogP contribution in [-0.4, -0.2) is 43.6 Å². The first-order valence-electron chi connectivity index (χ1n) is 10.4. The Labute approximate surface area is 187 Å². The zero-order valence-corrected chi connectivity index (χ0v) is 18.5. The van der Waals surface area contributed by atoms with Crippen molar-refractivity contribution in [3.8, 4) is 0 Å². The minimum Gasteiger partial charge on any atom is -0.443 e. The highest BCUT2D eigenvalue weighted by Crippen LogP contribution is 2.40. The largest absolute Gasteiger partial charge is 0.443 e. The number of imide groups is 1. The molecule has 7 nitrogen and oxygen atoms in total. The maximum absolute atomic E-state index is 13.7. The number of nitrogens with zero attached hydrogens (tertiary/aromatic N) is 4. The molecule has 0 fully saturated rings. The smallest absolute Gasteiger partial charge is 0.417 e. The fourth-order valence-corrected chi connectivity index (χ4v) is 4.78. The van der Waals surface area contributed by atoms with Crippen molar-refractivity contribution in [2.24, 2.45) is 0 Å². The summed E-state index contributed by atoms with van der Waals surface area (Å²) in [5.74, 6) is -0.393. The van der Waals surface area contributed by atoms with Gasteiger partial charge in [-0.25, -0.2) is 14.2 Å². The Morgan fingerprint density at radius 1 is 1.16 bits per heavy atom. The highest BCUT2D eigenvalue weighted by molar-refractivity contribution is 6.33. The molecule has 2 aromatic carbocycles. The van der Waals surface area contributed by atoms with Crippen molar-refractivity contribution < 1.29 is 14.3 Å². The van der Waals surface area contributed by atoms with Gasteiger partial charge in [-0.1, -0.05) is 17.7 Å². The summed E-state index contributed by atoms with van der Waals surface area (Å²) in [5.41, 5.74) is 2.90. The third kappa shape index (κ3) is 2.61. The topological polar surface area (TPSA) is 76.8 Å². The fraction of sp³-hybridized carbons (Fsp3) is 0.250. The number of pyridine rings is 2. The molecule has 0 saturated heterocycles. The number of hydrogen-bond acceptors (Lipinski definition) is 5. The lowest BCUT2D eigenvalue weighted by atomic mass is 9.93. The molecule has 160 valence electrons. The lowest BCUT2D eigenvalue weighted by Gasteiger charge is -2.30. The highest BCUT2D eigenvalue weighted by Gasteiger charge is 2.36. The van der Waals surface area contributed by atoms with E-state index >= 15 is 0 Å². The van der Waals surface area contributed by atoms with Crippen LogP contribution in [0.2, 0.25) is 5.02 Å². The van der Waals surface area contributed by atoms with Gasteiger partial charge in [-0.05, 0) is 45.0 Å². The van der Waals surface area contributed by atoms with Crippen molar-refractivity contribution in [2.75, 3.05) is 6.54 Å². The van der Waals surface area contributed by atoms with Crippen LogP contribution in [0.5, 0.6) is 0 Å². The Hall–Kier alpha value is -3.45. The molecule has 0 spiro atoms. The first kappa shape index (κ1) is 19.3. The van der Waals surface area contributed by atoms with Crippen LogP contribution in [0.3, 0.4) is 0 Å². The Morgan fingerprint density at radius 2 is 1.97 bits per heavy atom. The maximum Gasteiger partial charge on any atom is 0.417 e. The van der Waals surface area contributed by atoms with Crippen molar-refractivity contribution in [3.05, 3.63) is 52.8 Å². The summed E-state index contributed by atoms with van der Waals surface area (Å²) < 4.78 is 7.34. The molecule has 3 aromatic heterocycles. The van der Waals surface area contributed by atoms with Crippen LogP contribution in [0.4, 0.5) is 4.79 Å². The molecule has 1 aliphatic rings. The molecule has 0 unspecified atom stereocenters. The lowest BCUT2D eigenvalue weighted by molar-refractivity contribution is 0.0233. The standard InChI is InChI=1S/C24H19ClN4O3/c1-24(2,3)32-23(31)28-9-8-16-20(22(28)30)18-14-6-5-13(25)10-17(14)29-21-12(11-26-29)4-7-15(27-16)19(18)21/h4-7,10-11H,8-9H2,1-3H3. The van der Waals surface area contributed by atoms with Crippen LogP contribution in [-0.2, 0) is 11.2 Å². The Balaban J connectivity index is 1.71. The van der Waals surface area contributed by atoms with Crippen LogP contribution in [0, 0.1) is 0 Å². The van der Waals surface area contributed by atoms with Crippen LogP contribution in [0.15, 0.2) is 36.5 Å². The molecule has 0 aliphatic carbocycles. The van der Waals surface area contributed by atoms with E-state index in [9.17, 15) is 9.59 Å². The monoisotopic (exact) mass is 446 g/mol. The number of rotatable bonds is 0. The molecule has 1 aliphatic heterocycles. The molecule has 0 saturated carbocycles. The van der Waals surface area contributed by atoms with Crippen molar-refractivity contribution in [1.29, 1.82) is 0 Å². The van der Waals surface area contributed by atoms with Gasteiger partial charge in [-0.3, -0.25) is 9.78 Å². The van der Waals surface area contributed by atoms with Crippen LogP contribution >= 0.6 is 11.6 Å². The molecule has 5 aromatic rings. The predicted molar refractivity (Wildman–Crippen MR) is 123 cm³/mol. The van der Waals surface area contributed by atoms with E-state index in [1.54, 1.807) is 33.0 Å². The summed E-state index contributed by atoms with van der Waals surface area (Å²) in [6.07, 6.45) is 1.61. The molecular formula is C24H19ClN4O3. The quantitative estimate of drug-likeness (QED) is 0.241. The van der Waals surface area contributed by atoms with E-state index < -0.39 is 17.6 Å². The van der Waals surface area contributed by atoms with E-state index in [1.165, 1.54) is 4.90 Å². The zero-order chi connectivity index (χ0) is 22.4. The predicted octanol–water partition coefficient (Wildman–Crippen LogP) is 5.21. The van der Waals surface area contributed by atoms with Gasteiger partial charge in [0.15, 0.2) is 0 Å². The van der Waals surface area contributed by atoms with E-state index in [-0.39, 0.29) is 6.54 Å². The van der Waals surface area contributed by atoms with Gasteiger partial charge in [0, 0.05) is 39.5 Å². The van der Waals surface area contributed by atoms with Crippen molar-refractivity contribution in [3.63, 3.8) is 0 Å². The van der Waals surface area contributed by atoms with E-state index in [0.29, 0.717) is 22.7 Å². The van der Waals surface area contributed by atoms with Gasteiger partial charge < -0.3 is 4.74 Å². The van der Waals surface area contributed by atoms with Gasteiger partial charge in [0.1, 0.15) is 5.60 Å². The molecule has 0 bridgehead atoms. The second-order valence-corrected chi connectivity index (χ2v) is 9.55. The number of ether oxygens (including phenoxy) is 1. The number of fused-ring (bicyclic) bond motifs is 5. The summed E-state index contributed by atoms with van der Waals surface area (Å²) in [5, 5.41) is 8.55. The lowest BCUT2D eigenvalue weighted by Crippen LogP contribution is -2.45. The minimum absolute atomic E-state index is 0.229. The van der Waals surface area contributed by atoms with E-state index in [4.69, 9.17) is 21.3 Å². The second-order valence-electron chi connectivity index (χ2n) is 9.11. The van der Waals surface area contributed by atoms with Gasteiger partial charge in [0.05, 0.1) is 34.0 Å². The second kappa shape index (κ2) is 6.29. The summed E-state index contributed by atoms with van der Waals surface area (Å²) in [6.45, 7) is 5.57. The van der Waals surface area contributed by atoms with Crippen LogP contribution in [0.1, 0.15) is 36.8 Å². The van der Waals surface area contributed by atoms with Crippen molar-refractivity contribution in [2.45, 2.75) is 32.8 Å². The number of carbonyl (C=O) groups is 2. The molecule has 0 atom stereocenters. The Morgan fingerprint density at radius 3 is 2.75 bits per heavy atom. The third-order valence-electron chi connectivity index (χ3n) is 5.86. The molecule has 6 rings (SSSR count). The molecular weight excluding hydrogens is 428 g/mol. The van der Waals surface area contributed by atoms with Gasteiger partial charge in [-0.15, -0.1) is 0 Å². The van der Waals surface area contributed by atoms with Crippen LogP contribution < -0.4 is 0 Å². The van der Waals surface area contributed by atoms with Gasteiger partial charge in [0.2, 0.25) is 0 Å². The first-order valence-corrected chi connectivity index (χ1v) is 10.8. The Bertz CT molecular complexity index is 1600. The molecule has 8 heteroatoms. The highest BCUT2D eigenvalue weighted by atomic mass is 35.5. The average Bonchev–Trinajstić information content (AvgIpc) is 3.16. The Kier molecular flexibility index (Phi) is 3.79. The van der Waals surface area contributed by atoms with Crippen molar-refractivity contribution >= 4 is 61.7 Å². The average molecular weight is 447 g/mol. The number of hydrogen-bond donors (Lipinski definition) is 0. The number of aromatic nitrogens is 3. The van der Waals surface area contributed by atoms with E-state index in [2.05, 4.69) is 5.10 Å². The number of carbonyl (C=O) groups excluding carboxylic acids is 2. The van der Waals surface area contributed by atoms with E-state index in [1.807, 2.05) is 28.8 Å². The molecule has 32 heavy (non-hydrogen) atoms. The van der Waals surface area contributed by atoms with Gasteiger partial charge in [-0.2, -0.15) is 5.10 Å². The molecule has 4 heterocycles. The summed E-state index contributed by atoms with van der Waals surface area (Å²) >= 11 is 6.32. The third-order valence-corrected chi connectivity index (χ3v) is 6.09. The maximum atomic E-state index is 13.7. The first-order chi connectivity index (χ1) is 15.2. The number of halogens is 1. The summed E-state index contributed by atoms with van der Waals surface area (Å²) in [7, 11) is 0. The van der Waals surface area contributed by atoms with Gasteiger partial charge in [0.25, 0.3) is 5.91 Å². The zero-order valence-electron chi connectivity index (χ0n) is 17.8. The fourth-order valence-electron chi connectivity index (χ4n) is 4.62. The SMILES string of the molecule is CC(C)(C)OC(=O)N1CCc2nc3ccc4cnn5c6cc(Cl)ccc6c(c2C1=O)c3c45. The van der Waals surface area contributed by atoms with E-state index in [0.717, 1.165) is 38.1 Å². The molecule has 2 amide bonds. The molecule has 0 radical (unpaired) electrons. The normalized spacial score (nSPS) is 14.8. The number of benzene rings is 2. The van der Waals surface area contributed by atoms with Crippen LogP contribution in [0.25, 0.3) is 38.1 Å².